The van der Waals surface area contributed by atoms with Gasteiger partial charge < -0.3 is 4.74 Å². The van der Waals surface area contributed by atoms with Crippen LogP contribution in [-0.4, -0.2) is 24.5 Å². The highest BCUT2D eigenvalue weighted by Crippen LogP contribution is 2.12. The lowest BCUT2D eigenvalue weighted by Crippen LogP contribution is -2.05. The Bertz CT molecular complexity index is 537. The number of aromatic nitrogens is 1. The minimum atomic E-state index is 0.217. The molecule has 0 fully saturated rings. The molecule has 0 saturated carbocycles. The highest BCUT2D eigenvalue weighted by molar-refractivity contribution is 5.82. The van der Waals surface area contributed by atoms with Gasteiger partial charge in [-0.1, -0.05) is 24.3 Å². The van der Waals surface area contributed by atoms with E-state index in [1.165, 1.54) is 0 Å². The zero-order valence-corrected chi connectivity index (χ0v) is 10.6. The molecule has 0 radical (unpaired) electrons. The van der Waals surface area contributed by atoms with Gasteiger partial charge in [-0.25, -0.2) is 0 Å². The first-order valence-electron chi connectivity index (χ1n) is 6.15. The summed E-state index contributed by atoms with van der Waals surface area (Å²) < 4.78 is 4.93. The number of nitrogens with zero attached hydrogens (tertiary/aromatic N) is 1. The van der Waals surface area contributed by atoms with Crippen molar-refractivity contribution < 1.29 is 9.53 Å². The molecule has 94 valence electrons. The Labute approximate surface area is 107 Å². The molecule has 0 N–H and O–H groups in total. The van der Waals surface area contributed by atoms with Crippen molar-refractivity contribution in [3.8, 4) is 0 Å². The lowest BCUT2D eigenvalue weighted by molar-refractivity contribution is -0.118. The molecule has 0 aliphatic heterocycles. The van der Waals surface area contributed by atoms with Gasteiger partial charge in [-0.3, -0.25) is 9.78 Å². The third-order valence-corrected chi connectivity index (χ3v) is 2.84. The Hall–Kier alpha value is -1.74. The van der Waals surface area contributed by atoms with E-state index < -0.39 is 0 Å². The summed E-state index contributed by atoms with van der Waals surface area (Å²) in [6.07, 6.45) is 1.75. The van der Waals surface area contributed by atoms with Crippen LogP contribution in [0.2, 0.25) is 0 Å². The van der Waals surface area contributed by atoms with E-state index >= 15 is 0 Å². The molecule has 0 aliphatic carbocycles. The van der Waals surface area contributed by atoms with Gasteiger partial charge in [0.15, 0.2) is 0 Å². The zero-order chi connectivity index (χ0) is 12.8. The van der Waals surface area contributed by atoms with Crippen molar-refractivity contribution in [3.63, 3.8) is 0 Å². The summed E-state index contributed by atoms with van der Waals surface area (Å²) in [5.74, 6) is 0.217. The van der Waals surface area contributed by atoms with Crippen LogP contribution in [0.1, 0.15) is 18.5 Å². The molecular formula is C15H17NO2. The molecule has 3 heteroatoms. The molecule has 0 spiro atoms. The second-order valence-corrected chi connectivity index (χ2v) is 4.31. The number of fused-ring (bicyclic) bond motifs is 1. The highest BCUT2D eigenvalue weighted by atomic mass is 16.5. The van der Waals surface area contributed by atoms with Crippen LogP contribution < -0.4 is 0 Å². The first-order valence-corrected chi connectivity index (χ1v) is 6.15. The molecule has 18 heavy (non-hydrogen) atoms. The summed E-state index contributed by atoms with van der Waals surface area (Å²) in [7, 11) is 1.65. The van der Waals surface area contributed by atoms with Crippen LogP contribution >= 0.6 is 0 Å². The van der Waals surface area contributed by atoms with Gasteiger partial charge in [0, 0.05) is 37.6 Å². The monoisotopic (exact) mass is 243 g/mol. The Morgan fingerprint density at radius 1 is 1.22 bits per heavy atom. The smallest absolute Gasteiger partial charge is 0.138 e. The second kappa shape index (κ2) is 6.26. The van der Waals surface area contributed by atoms with Crippen molar-refractivity contribution in [2.24, 2.45) is 0 Å². The number of hydrogen-bond acceptors (Lipinski definition) is 3. The van der Waals surface area contributed by atoms with Gasteiger partial charge in [0.25, 0.3) is 0 Å². The number of para-hydroxylation sites is 1. The van der Waals surface area contributed by atoms with E-state index in [9.17, 15) is 4.79 Å². The van der Waals surface area contributed by atoms with Crippen LogP contribution in [0.4, 0.5) is 0 Å². The molecule has 2 rings (SSSR count). The van der Waals surface area contributed by atoms with E-state index in [1.807, 2.05) is 36.4 Å². The van der Waals surface area contributed by atoms with E-state index in [4.69, 9.17) is 4.74 Å². The number of ketones is 1. The Kier molecular flexibility index (Phi) is 4.42. The molecule has 0 unspecified atom stereocenters. The van der Waals surface area contributed by atoms with Crippen molar-refractivity contribution in [3.05, 3.63) is 42.1 Å². The Balaban J connectivity index is 2.01. The highest BCUT2D eigenvalue weighted by Gasteiger charge is 2.05. The molecule has 0 aliphatic rings. The molecule has 1 heterocycles. The average molecular weight is 243 g/mol. The maximum atomic E-state index is 11.7. The van der Waals surface area contributed by atoms with Crippen LogP contribution in [0.5, 0.6) is 0 Å². The number of ether oxygens (including phenoxy) is 1. The summed E-state index contributed by atoms with van der Waals surface area (Å²) in [5, 5.41) is 1.10. The van der Waals surface area contributed by atoms with Crippen LogP contribution in [0.3, 0.4) is 0 Å². The number of hydrogen-bond donors (Lipinski definition) is 0. The van der Waals surface area contributed by atoms with Crippen molar-refractivity contribution in [1.82, 2.24) is 4.98 Å². The minimum absolute atomic E-state index is 0.217. The predicted octanol–water partition coefficient (Wildman–Crippen LogP) is 2.77. The Morgan fingerprint density at radius 3 is 2.89 bits per heavy atom. The number of pyridine rings is 1. The first kappa shape index (κ1) is 12.7. The van der Waals surface area contributed by atoms with Gasteiger partial charge in [-0.15, -0.1) is 0 Å². The lowest BCUT2D eigenvalue weighted by Gasteiger charge is -2.03. The van der Waals surface area contributed by atoms with E-state index in [0.29, 0.717) is 19.4 Å². The topological polar surface area (TPSA) is 39.2 Å². The van der Waals surface area contributed by atoms with Crippen molar-refractivity contribution >= 4 is 16.7 Å². The number of benzene rings is 1. The fourth-order valence-electron chi connectivity index (χ4n) is 1.91. The molecular weight excluding hydrogens is 226 g/mol. The Morgan fingerprint density at radius 2 is 2.06 bits per heavy atom. The standard InChI is InChI=1S/C15H17NO2/c1-18-10-4-6-14(17)11-13-9-8-12-5-2-3-7-15(12)16-13/h2-3,5,7-9H,4,6,10-11H2,1H3. The van der Waals surface area contributed by atoms with Gasteiger partial charge in [0.2, 0.25) is 0 Å². The fraction of sp³-hybridized carbons (Fsp3) is 0.333. The number of carbonyl (C=O) groups excluding carboxylic acids is 1. The van der Waals surface area contributed by atoms with Crippen molar-refractivity contribution in [1.29, 1.82) is 0 Å². The van der Waals surface area contributed by atoms with Gasteiger partial charge in [0.1, 0.15) is 5.78 Å². The molecule has 3 nitrogen and oxygen atoms in total. The molecule has 0 atom stereocenters. The number of rotatable bonds is 6. The van der Waals surface area contributed by atoms with E-state index in [1.54, 1.807) is 7.11 Å². The predicted molar refractivity (Wildman–Crippen MR) is 71.6 cm³/mol. The van der Waals surface area contributed by atoms with Crippen LogP contribution in [0.15, 0.2) is 36.4 Å². The summed E-state index contributed by atoms with van der Waals surface area (Å²) in [6, 6.07) is 11.9. The molecule has 1 aromatic carbocycles. The van der Waals surface area contributed by atoms with E-state index in [2.05, 4.69) is 4.98 Å². The van der Waals surface area contributed by atoms with Gasteiger partial charge in [-0.2, -0.15) is 0 Å². The van der Waals surface area contributed by atoms with Crippen molar-refractivity contribution in [2.75, 3.05) is 13.7 Å². The van der Waals surface area contributed by atoms with Crippen LogP contribution in [0.25, 0.3) is 10.9 Å². The van der Waals surface area contributed by atoms with E-state index in [0.717, 1.165) is 23.0 Å². The van der Waals surface area contributed by atoms with Gasteiger partial charge in [0.05, 0.1) is 5.52 Å². The average Bonchev–Trinajstić information content (AvgIpc) is 2.39. The third kappa shape index (κ3) is 3.37. The lowest BCUT2D eigenvalue weighted by atomic mass is 10.1. The summed E-state index contributed by atoms with van der Waals surface area (Å²) >= 11 is 0. The maximum Gasteiger partial charge on any atom is 0.138 e. The number of carbonyl (C=O) groups is 1. The summed E-state index contributed by atoms with van der Waals surface area (Å²) in [5.41, 5.74) is 1.79. The molecule has 0 saturated heterocycles. The minimum Gasteiger partial charge on any atom is -0.385 e. The normalized spacial score (nSPS) is 10.7. The molecule has 0 amide bonds. The molecule has 1 aromatic heterocycles. The molecule has 0 bridgehead atoms. The van der Waals surface area contributed by atoms with E-state index in [-0.39, 0.29) is 5.78 Å². The van der Waals surface area contributed by atoms with Crippen molar-refractivity contribution in [2.45, 2.75) is 19.3 Å². The summed E-state index contributed by atoms with van der Waals surface area (Å²) in [6.45, 7) is 0.636. The quantitative estimate of drug-likeness (QED) is 0.732. The number of Topliss-reactive ketones (excluding diaryl/α,β-unsaturated/α-hetero) is 1. The van der Waals surface area contributed by atoms with Crippen LogP contribution in [0, 0.1) is 0 Å². The van der Waals surface area contributed by atoms with Gasteiger partial charge in [-0.05, 0) is 18.6 Å². The number of methoxy groups -OCH3 is 1. The fourth-order valence-corrected chi connectivity index (χ4v) is 1.91. The zero-order valence-electron chi connectivity index (χ0n) is 10.6. The molecule has 2 aromatic rings. The maximum absolute atomic E-state index is 11.7. The third-order valence-electron chi connectivity index (χ3n) is 2.84. The first-order chi connectivity index (χ1) is 8.79. The summed E-state index contributed by atoms with van der Waals surface area (Å²) in [4.78, 5) is 16.2. The SMILES string of the molecule is COCCCC(=O)Cc1ccc2ccccc2n1. The second-order valence-electron chi connectivity index (χ2n) is 4.31. The largest absolute Gasteiger partial charge is 0.385 e. The van der Waals surface area contributed by atoms with Crippen LogP contribution in [-0.2, 0) is 16.0 Å². The van der Waals surface area contributed by atoms with Gasteiger partial charge >= 0.3 is 0 Å².